The standard InChI is InChI=1S/C20H26N2/c1-16-4-8-18(9-5-16)20(19-10-6-17(2)7-11-19)22-14-3-12-21-13-15-22/h4-11,20-21H,3,12-15H2,1-2H3. The molecule has 0 unspecified atom stereocenters. The van der Waals surface area contributed by atoms with E-state index >= 15 is 0 Å². The lowest BCUT2D eigenvalue weighted by Crippen LogP contribution is -2.33. The summed E-state index contributed by atoms with van der Waals surface area (Å²) in [7, 11) is 0. The van der Waals surface area contributed by atoms with Gasteiger partial charge in [0.1, 0.15) is 0 Å². The van der Waals surface area contributed by atoms with Crippen LogP contribution in [0.5, 0.6) is 0 Å². The van der Waals surface area contributed by atoms with Gasteiger partial charge in [-0.1, -0.05) is 59.7 Å². The molecule has 22 heavy (non-hydrogen) atoms. The Morgan fingerprint density at radius 2 is 1.32 bits per heavy atom. The molecule has 1 saturated heterocycles. The Labute approximate surface area is 134 Å². The van der Waals surface area contributed by atoms with Crippen molar-refractivity contribution >= 4 is 0 Å². The fourth-order valence-corrected chi connectivity index (χ4v) is 3.24. The van der Waals surface area contributed by atoms with Crippen molar-refractivity contribution in [3.8, 4) is 0 Å². The van der Waals surface area contributed by atoms with Crippen molar-refractivity contribution < 1.29 is 0 Å². The Morgan fingerprint density at radius 1 is 0.773 bits per heavy atom. The molecule has 0 amide bonds. The van der Waals surface area contributed by atoms with Crippen LogP contribution in [0.1, 0.15) is 34.7 Å². The average molecular weight is 294 g/mol. The number of hydrogen-bond acceptors (Lipinski definition) is 2. The van der Waals surface area contributed by atoms with Crippen LogP contribution in [0.3, 0.4) is 0 Å². The van der Waals surface area contributed by atoms with Crippen LogP contribution in [0.25, 0.3) is 0 Å². The maximum Gasteiger partial charge on any atom is 0.0602 e. The summed E-state index contributed by atoms with van der Waals surface area (Å²) in [6.45, 7) is 8.77. The second kappa shape index (κ2) is 7.08. The first-order chi connectivity index (χ1) is 10.7. The third-order valence-electron chi connectivity index (χ3n) is 4.53. The fourth-order valence-electron chi connectivity index (χ4n) is 3.24. The van der Waals surface area contributed by atoms with Crippen LogP contribution in [-0.2, 0) is 0 Å². The van der Waals surface area contributed by atoms with Crippen LogP contribution in [0.15, 0.2) is 48.5 Å². The van der Waals surface area contributed by atoms with E-state index in [1.807, 2.05) is 0 Å². The van der Waals surface area contributed by atoms with E-state index in [2.05, 4.69) is 72.6 Å². The third kappa shape index (κ3) is 3.57. The summed E-state index contributed by atoms with van der Waals surface area (Å²) in [4.78, 5) is 2.62. The quantitative estimate of drug-likeness (QED) is 0.929. The van der Waals surface area contributed by atoms with Crippen molar-refractivity contribution in [3.63, 3.8) is 0 Å². The van der Waals surface area contributed by atoms with E-state index in [0.29, 0.717) is 6.04 Å². The Bertz CT molecular complexity index is 533. The number of nitrogens with zero attached hydrogens (tertiary/aromatic N) is 1. The molecule has 116 valence electrons. The van der Waals surface area contributed by atoms with Crippen LogP contribution in [-0.4, -0.2) is 31.1 Å². The molecule has 2 nitrogen and oxygen atoms in total. The first kappa shape index (κ1) is 15.3. The summed E-state index contributed by atoms with van der Waals surface area (Å²) in [6.07, 6.45) is 1.22. The van der Waals surface area contributed by atoms with Crippen LogP contribution >= 0.6 is 0 Å². The molecule has 0 aliphatic carbocycles. The predicted octanol–water partition coefficient (Wildman–Crippen LogP) is 3.69. The minimum absolute atomic E-state index is 0.362. The van der Waals surface area contributed by atoms with Gasteiger partial charge in [-0.05, 0) is 37.9 Å². The molecule has 3 rings (SSSR count). The topological polar surface area (TPSA) is 15.3 Å². The maximum atomic E-state index is 3.51. The highest BCUT2D eigenvalue weighted by Gasteiger charge is 2.22. The highest BCUT2D eigenvalue weighted by molar-refractivity contribution is 5.35. The van der Waals surface area contributed by atoms with Gasteiger partial charge in [0.25, 0.3) is 0 Å². The zero-order valence-corrected chi connectivity index (χ0v) is 13.7. The lowest BCUT2D eigenvalue weighted by Gasteiger charge is -2.31. The Morgan fingerprint density at radius 3 is 1.86 bits per heavy atom. The molecule has 1 aliphatic heterocycles. The van der Waals surface area contributed by atoms with Crippen molar-refractivity contribution in [2.75, 3.05) is 26.2 Å². The van der Waals surface area contributed by atoms with Gasteiger partial charge in [0.2, 0.25) is 0 Å². The summed E-state index contributed by atoms with van der Waals surface area (Å²) in [5.74, 6) is 0. The Balaban J connectivity index is 1.96. The van der Waals surface area contributed by atoms with Gasteiger partial charge >= 0.3 is 0 Å². The number of rotatable bonds is 3. The van der Waals surface area contributed by atoms with Crippen molar-refractivity contribution in [2.45, 2.75) is 26.3 Å². The molecule has 2 aromatic carbocycles. The van der Waals surface area contributed by atoms with Crippen molar-refractivity contribution in [3.05, 3.63) is 70.8 Å². The lowest BCUT2D eigenvalue weighted by molar-refractivity contribution is 0.241. The summed E-state index contributed by atoms with van der Waals surface area (Å²) < 4.78 is 0. The second-order valence-electron chi connectivity index (χ2n) is 6.36. The van der Waals surface area contributed by atoms with Crippen LogP contribution < -0.4 is 5.32 Å². The molecule has 1 aliphatic rings. The fraction of sp³-hybridized carbons (Fsp3) is 0.400. The van der Waals surface area contributed by atoms with Gasteiger partial charge in [-0.3, -0.25) is 4.90 Å². The first-order valence-corrected chi connectivity index (χ1v) is 8.32. The molecule has 2 aromatic rings. The third-order valence-corrected chi connectivity index (χ3v) is 4.53. The molecule has 0 radical (unpaired) electrons. The van der Waals surface area contributed by atoms with E-state index in [4.69, 9.17) is 0 Å². The minimum Gasteiger partial charge on any atom is -0.315 e. The van der Waals surface area contributed by atoms with Gasteiger partial charge in [0.05, 0.1) is 6.04 Å². The molecule has 1 fully saturated rings. The van der Waals surface area contributed by atoms with Gasteiger partial charge in [-0.2, -0.15) is 0 Å². The van der Waals surface area contributed by atoms with Crippen molar-refractivity contribution in [2.24, 2.45) is 0 Å². The van der Waals surface area contributed by atoms with Gasteiger partial charge in [0.15, 0.2) is 0 Å². The lowest BCUT2D eigenvalue weighted by atomic mass is 9.95. The molecule has 0 bridgehead atoms. The van der Waals surface area contributed by atoms with Crippen LogP contribution in [0.4, 0.5) is 0 Å². The number of aryl methyl sites for hydroxylation is 2. The molecular weight excluding hydrogens is 268 g/mol. The summed E-state index contributed by atoms with van der Waals surface area (Å²) in [5.41, 5.74) is 5.44. The molecule has 0 spiro atoms. The van der Waals surface area contributed by atoms with Gasteiger partial charge in [-0.15, -0.1) is 0 Å². The molecule has 0 saturated carbocycles. The monoisotopic (exact) mass is 294 g/mol. The largest absolute Gasteiger partial charge is 0.315 e. The number of nitrogens with one attached hydrogen (secondary N) is 1. The zero-order chi connectivity index (χ0) is 15.4. The average Bonchev–Trinajstić information content (AvgIpc) is 2.81. The molecule has 1 heterocycles. The van der Waals surface area contributed by atoms with Crippen molar-refractivity contribution in [1.29, 1.82) is 0 Å². The number of hydrogen-bond donors (Lipinski definition) is 1. The number of benzene rings is 2. The maximum absolute atomic E-state index is 3.51. The molecule has 0 aromatic heterocycles. The zero-order valence-electron chi connectivity index (χ0n) is 13.7. The van der Waals surface area contributed by atoms with Crippen LogP contribution in [0, 0.1) is 13.8 Å². The van der Waals surface area contributed by atoms with Gasteiger partial charge in [0, 0.05) is 19.6 Å². The smallest absolute Gasteiger partial charge is 0.0602 e. The molecular formula is C20H26N2. The normalized spacial score (nSPS) is 16.7. The second-order valence-corrected chi connectivity index (χ2v) is 6.36. The Hall–Kier alpha value is -1.64. The highest BCUT2D eigenvalue weighted by Crippen LogP contribution is 2.29. The summed E-state index contributed by atoms with van der Waals surface area (Å²) >= 11 is 0. The van der Waals surface area contributed by atoms with E-state index in [9.17, 15) is 0 Å². The van der Waals surface area contributed by atoms with E-state index in [0.717, 1.165) is 26.2 Å². The summed E-state index contributed by atoms with van der Waals surface area (Å²) in [5, 5.41) is 3.51. The van der Waals surface area contributed by atoms with E-state index in [1.165, 1.54) is 28.7 Å². The molecule has 1 N–H and O–H groups in total. The van der Waals surface area contributed by atoms with E-state index in [-0.39, 0.29) is 0 Å². The predicted molar refractivity (Wildman–Crippen MR) is 93.3 cm³/mol. The van der Waals surface area contributed by atoms with Crippen molar-refractivity contribution in [1.82, 2.24) is 10.2 Å². The van der Waals surface area contributed by atoms with Gasteiger partial charge < -0.3 is 5.32 Å². The molecule has 2 heteroatoms. The minimum atomic E-state index is 0.362. The summed E-state index contributed by atoms with van der Waals surface area (Å²) in [6, 6.07) is 18.4. The van der Waals surface area contributed by atoms with Crippen LogP contribution in [0.2, 0.25) is 0 Å². The molecule has 0 atom stereocenters. The van der Waals surface area contributed by atoms with E-state index < -0.39 is 0 Å². The highest BCUT2D eigenvalue weighted by atomic mass is 15.2. The van der Waals surface area contributed by atoms with E-state index in [1.54, 1.807) is 0 Å². The van der Waals surface area contributed by atoms with Gasteiger partial charge in [-0.25, -0.2) is 0 Å². The Kier molecular flexibility index (Phi) is 4.91. The SMILES string of the molecule is Cc1ccc(C(c2ccc(C)cc2)N2CCCNCC2)cc1. The first-order valence-electron chi connectivity index (χ1n) is 8.32.